The molecule has 0 bridgehead atoms. The van der Waals surface area contributed by atoms with E-state index in [1.54, 1.807) is 0 Å². The second-order valence-corrected chi connectivity index (χ2v) is 21.9. The average Bonchev–Trinajstić information content (AvgIpc) is 3.32. The molecule has 3 atom stereocenters. The van der Waals surface area contributed by atoms with Gasteiger partial charge in [0.2, 0.25) is 5.91 Å². The van der Waals surface area contributed by atoms with Crippen LogP contribution in [0.15, 0.2) is 72.9 Å². The Balaban J connectivity index is 5.33. The molecule has 0 heterocycles. The summed E-state index contributed by atoms with van der Waals surface area (Å²) in [6.07, 6.45) is 63.2. The SMILES string of the molecule is CC/C=C/C=C/C=C\CCCCCCCC(=O)OC(/C=C\CCCCCCCCCCCC)C(COP(=O)(O)OCC[N+](C)(C)C)NC(=O)CCCCCCCCCCC/C=C\C/C=C\CCCCC. The van der Waals surface area contributed by atoms with E-state index in [1.807, 2.05) is 33.3 Å². The number of likely N-dealkylation sites (N-methyl/N-ethyl adjacent to an activating group) is 1. The van der Waals surface area contributed by atoms with E-state index in [2.05, 4.69) is 86.8 Å². The number of nitrogens with one attached hydrogen (secondary N) is 1. The third-order valence-electron chi connectivity index (χ3n) is 12.4. The van der Waals surface area contributed by atoms with Crippen LogP contribution in [0.25, 0.3) is 0 Å². The lowest BCUT2D eigenvalue weighted by molar-refractivity contribution is -0.870. The molecule has 2 N–H and O–H groups in total. The predicted octanol–water partition coefficient (Wildman–Crippen LogP) is 17.3. The molecule has 0 aliphatic heterocycles. The van der Waals surface area contributed by atoms with Crippen molar-refractivity contribution < 1.29 is 37.3 Å². The molecule has 0 aromatic carbocycles. The Bertz CT molecular complexity index is 1430. The van der Waals surface area contributed by atoms with Gasteiger partial charge >= 0.3 is 13.8 Å². The monoisotopic (exact) mass is 1000 g/mol. The summed E-state index contributed by atoms with van der Waals surface area (Å²) in [4.78, 5) is 37.6. The van der Waals surface area contributed by atoms with Crippen LogP contribution < -0.4 is 5.32 Å². The number of ether oxygens (including phenoxy) is 1. The van der Waals surface area contributed by atoms with E-state index < -0.39 is 20.0 Å². The fourth-order valence-electron chi connectivity index (χ4n) is 7.97. The number of quaternary nitrogens is 1. The van der Waals surface area contributed by atoms with Gasteiger partial charge in [0.15, 0.2) is 0 Å². The van der Waals surface area contributed by atoms with Crippen LogP contribution in [-0.2, 0) is 27.9 Å². The second-order valence-electron chi connectivity index (χ2n) is 20.5. The predicted molar refractivity (Wildman–Crippen MR) is 300 cm³/mol. The topological polar surface area (TPSA) is 111 Å². The van der Waals surface area contributed by atoms with Gasteiger partial charge in [-0.25, -0.2) is 4.57 Å². The molecule has 10 heteroatoms. The highest BCUT2D eigenvalue weighted by Gasteiger charge is 2.30. The first-order valence-corrected chi connectivity index (χ1v) is 30.3. The molecule has 0 aliphatic rings. The van der Waals surface area contributed by atoms with Crippen LogP contribution in [0.2, 0.25) is 0 Å². The number of phosphoric acid groups is 1. The van der Waals surface area contributed by atoms with Gasteiger partial charge in [0.1, 0.15) is 19.3 Å². The molecular formula is C60H110N2O7P+. The van der Waals surface area contributed by atoms with Gasteiger partial charge in [0, 0.05) is 12.8 Å². The van der Waals surface area contributed by atoms with Gasteiger partial charge in [-0.1, -0.05) is 222 Å². The Morgan fingerprint density at radius 2 is 0.971 bits per heavy atom. The molecule has 0 rings (SSSR count). The van der Waals surface area contributed by atoms with Gasteiger partial charge in [-0.05, 0) is 83.1 Å². The minimum absolute atomic E-state index is 0.0334. The molecule has 0 spiro atoms. The van der Waals surface area contributed by atoms with Crippen LogP contribution in [0.1, 0.15) is 245 Å². The van der Waals surface area contributed by atoms with Crippen molar-refractivity contribution in [2.24, 2.45) is 0 Å². The minimum Gasteiger partial charge on any atom is -0.456 e. The molecule has 0 saturated carbocycles. The van der Waals surface area contributed by atoms with Crippen molar-refractivity contribution in [1.82, 2.24) is 5.32 Å². The van der Waals surface area contributed by atoms with Crippen LogP contribution in [0.5, 0.6) is 0 Å². The van der Waals surface area contributed by atoms with E-state index >= 15 is 0 Å². The van der Waals surface area contributed by atoms with E-state index in [-0.39, 0.29) is 31.5 Å². The van der Waals surface area contributed by atoms with Crippen molar-refractivity contribution in [3.63, 3.8) is 0 Å². The molecule has 0 fully saturated rings. The third-order valence-corrected chi connectivity index (χ3v) is 13.4. The number of rotatable bonds is 51. The lowest BCUT2D eigenvalue weighted by Gasteiger charge is -2.27. The molecule has 0 saturated heterocycles. The first-order chi connectivity index (χ1) is 33.9. The average molecular weight is 1000 g/mol. The van der Waals surface area contributed by atoms with Crippen molar-refractivity contribution in [1.29, 1.82) is 0 Å². The Kier molecular flexibility index (Phi) is 48.2. The molecule has 0 aromatic heterocycles. The van der Waals surface area contributed by atoms with Crippen molar-refractivity contribution in [2.45, 2.75) is 258 Å². The van der Waals surface area contributed by atoms with Crippen LogP contribution >= 0.6 is 7.82 Å². The number of phosphoric ester groups is 1. The van der Waals surface area contributed by atoms with E-state index in [0.29, 0.717) is 23.9 Å². The zero-order valence-electron chi connectivity index (χ0n) is 46.2. The highest BCUT2D eigenvalue weighted by atomic mass is 31.2. The molecule has 0 radical (unpaired) electrons. The normalized spacial score (nSPS) is 14.3. The Morgan fingerprint density at radius 3 is 1.50 bits per heavy atom. The highest BCUT2D eigenvalue weighted by molar-refractivity contribution is 7.47. The lowest BCUT2D eigenvalue weighted by Crippen LogP contribution is -2.47. The largest absolute Gasteiger partial charge is 0.472 e. The number of allylic oxidation sites excluding steroid dienone is 11. The lowest BCUT2D eigenvalue weighted by atomic mass is 10.0. The maximum absolute atomic E-state index is 13.5. The summed E-state index contributed by atoms with van der Waals surface area (Å²) in [5, 5.41) is 3.04. The standard InChI is InChI=1S/C60H109N2O7P/c1-7-10-13-16-19-22-25-28-29-30-31-32-33-35-37-40-43-46-49-52-59(63)61-57(56-68-70(65,66)67-55-54-62(4,5)6)58(51-48-45-42-39-36-27-24-21-18-15-12-9-3)69-60(64)53-50-47-44-41-38-34-26-23-20-17-14-11-8-2/h11,14,17,19-20,22-23,26,28-29,48,51,57-58H,7-10,12-13,15-16,18,21,24-25,27,30-47,49-50,52-56H2,1-6H3,(H-,61,63,65,66)/p+1/b14-11+,20-17+,22-19-,26-23-,29-28-,51-48-. The smallest absolute Gasteiger partial charge is 0.456 e. The first kappa shape index (κ1) is 67.5. The van der Waals surface area contributed by atoms with Gasteiger partial charge in [-0.3, -0.25) is 18.6 Å². The highest BCUT2D eigenvalue weighted by Crippen LogP contribution is 2.43. The Labute approximate surface area is 432 Å². The third kappa shape index (κ3) is 50.4. The summed E-state index contributed by atoms with van der Waals surface area (Å²) in [5.74, 6) is -0.535. The van der Waals surface area contributed by atoms with Gasteiger partial charge < -0.3 is 19.4 Å². The molecule has 3 unspecified atom stereocenters. The quantitative estimate of drug-likeness (QED) is 0.0156. The second kappa shape index (κ2) is 50.0. The number of unbranched alkanes of at least 4 members (excludes halogenated alkanes) is 27. The van der Waals surface area contributed by atoms with E-state index in [0.717, 1.165) is 96.3 Å². The van der Waals surface area contributed by atoms with Crippen molar-refractivity contribution in [3.05, 3.63) is 72.9 Å². The summed E-state index contributed by atoms with van der Waals surface area (Å²) in [5.41, 5.74) is 0. The Morgan fingerprint density at radius 1 is 0.529 bits per heavy atom. The van der Waals surface area contributed by atoms with Crippen molar-refractivity contribution in [3.8, 4) is 0 Å². The van der Waals surface area contributed by atoms with Crippen LogP contribution in [-0.4, -0.2) is 74.3 Å². The summed E-state index contributed by atoms with van der Waals surface area (Å²) in [6, 6.07) is -0.860. The summed E-state index contributed by atoms with van der Waals surface area (Å²) in [7, 11) is 1.47. The Hall–Kier alpha value is -2.55. The maximum atomic E-state index is 13.5. The minimum atomic E-state index is -4.45. The van der Waals surface area contributed by atoms with E-state index in [9.17, 15) is 19.0 Å². The number of carbonyl (C=O) groups is 2. The van der Waals surface area contributed by atoms with Crippen LogP contribution in [0.3, 0.4) is 0 Å². The number of hydrogen-bond donors (Lipinski definition) is 2. The molecule has 0 aromatic rings. The van der Waals surface area contributed by atoms with Gasteiger partial charge in [-0.15, -0.1) is 0 Å². The number of carbonyl (C=O) groups excluding carboxylic acids is 2. The first-order valence-electron chi connectivity index (χ1n) is 28.8. The number of nitrogens with zero attached hydrogens (tertiary/aromatic N) is 1. The number of hydrogen-bond acceptors (Lipinski definition) is 6. The molecule has 0 aliphatic carbocycles. The van der Waals surface area contributed by atoms with Crippen LogP contribution in [0, 0.1) is 0 Å². The summed E-state index contributed by atoms with van der Waals surface area (Å²) < 4.78 is 30.6. The van der Waals surface area contributed by atoms with Gasteiger partial charge in [0.25, 0.3) is 0 Å². The van der Waals surface area contributed by atoms with Gasteiger partial charge in [0.05, 0.1) is 33.8 Å². The zero-order valence-corrected chi connectivity index (χ0v) is 47.1. The molecule has 406 valence electrons. The summed E-state index contributed by atoms with van der Waals surface area (Å²) >= 11 is 0. The van der Waals surface area contributed by atoms with Crippen molar-refractivity contribution in [2.75, 3.05) is 40.9 Å². The fraction of sp³-hybridized carbons (Fsp3) is 0.767. The number of esters is 1. The molecule has 70 heavy (non-hydrogen) atoms. The van der Waals surface area contributed by atoms with Crippen molar-refractivity contribution >= 4 is 19.7 Å². The maximum Gasteiger partial charge on any atom is 0.472 e. The number of amides is 1. The van der Waals surface area contributed by atoms with Gasteiger partial charge in [-0.2, -0.15) is 0 Å². The molecule has 9 nitrogen and oxygen atoms in total. The van der Waals surface area contributed by atoms with E-state index in [1.165, 1.54) is 109 Å². The van der Waals surface area contributed by atoms with Crippen LogP contribution in [0.4, 0.5) is 0 Å². The molecule has 1 amide bonds. The summed E-state index contributed by atoms with van der Waals surface area (Å²) in [6.45, 7) is 6.83. The zero-order chi connectivity index (χ0) is 51.5. The van der Waals surface area contributed by atoms with E-state index in [4.69, 9.17) is 13.8 Å². The molecular weight excluding hydrogens is 892 g/mol. The fourth-order valence-corrected chi connectivity index (χ4v) is 8.71.